The van der Waals surface area contributed by atoms with E-state index in [1.807, 2.05) is 17.9 Å². The summed E-state index contributed by atoms with van der Waals surface area (Å²) in [6, 6.07) is 6.44. The van der Waals surface area contributed by atoms with Crippen LogP contribution in [0.3, 0.4) is 0 Å². The number of oxazole rings is 1. The Bertz CT molecular complexity index is 935. The maximum absolute atomic E-state index is 13.5. The maximum atomic E-state index is 13.5. The molecule has 1 aromatic heterocycles. The summed E-state index contributed by atoms with van der Waals surface area (Å²) in [5.74, 6) is 1.05. The third-order valence-corrected chi connectivity index (χ3v) is 6.48. The van der Waals surface area contributed by atoms with E-state index in [9.17, 15) is 14.0 Å². The number of rotatable bonds is 4. The minimum Gasteiger partial charge on any atom is -0.443 e. The van der Waals surface area contributed by atoms with Gasteiger partial charge in [0.1, 0.15) is 17.1 Å². The van der Waals surface area contributed by atoms with Crippen molar-refractivity contribution < 1.29 is 18.4 Å². The molecule has 1 aromatic carbocycles. The molecule has 6 nitrogen and oxygen atoms in total. The molecule has 3 heterocycles. The second-order valence-corrected chi connectivity index (χ2v) is 8.59. The van der Waals surface area contributed by atoms with Crippen LogP contribution in [-0.2, 0) is 21.5 Å². The Morgan fingerprint density at radius 2 is 2.03 bits per heavy atom. The molecule has 0 bridgehead atoms. The van der Waals surface area contributed by atoms with E-state index in [0.29, 0.717) is 50.5 Å². The van der Waals surface area contributed by atoms with Crippen LogP contribution >= 0.6 is 0 Å². The van der Waals surface area contributed by atoms with Gasteiger partial charge in [-0.05, 0) is 50.3 Å². The lowest BCUT2D eigenvalue weighted by atomic mass is 9.92. The van der Waals surface area contributed by atoms with Gasteiger partial charge in [0.05, 0.1) is 6.20 Å². The molecule has 0 aliphatic carbocycles. The molecule has 160 valence electrons. The predicted octanol–water partition coefficient (Wildman–Crippen LogP) is 3.50. The summed E-state index contributed by atoms with van der Waals surface area (Å²) in [7, 11) is 0. The minimum absolute atomic E-state index is 0.0672. The van der Waals surface area contributed by atoms with Crippen LogP contribution < -0.4 is 0 Å². The number of amides is 2. The zero-order valence-corrected chi connectivity index (χ0v) is 17.6. The van der Waals surface area contributed by atoms with Crippen molar-refractivity contribution in [1.29, 1.82) is 0 Å². The molecule has 0 spiro atoms. The SMILES string of the molecule is CC(=O)N1CCC(C(=O)N2CCC[C@@]2(C)c2ncc(Cc3cccc(F)c3)o2)CC1. The summed E-state index contributed by atoms with van der Waals surface area (Å²) in [5, 5.41) is 0. The van der Waals surface area contributed by atoms with Gasteiger partial charge in [-0.1, -0.05) is 12.1 Å². The number of likely N-dealkylation sites (tertiary alicyclic amines) is 2. The number of hydrogen-bond acceptors (Lipinski definition) is 4. The summed E-state index contributed by atoms with van der Waals surface area (Å²) in [4.78, 5) is 33.1. The van der Waals surface area contributed by atoms with Gasteiger partial charge < -0.3 is 14.2 Å². The zero-order valence-electron chi connectivity index (χ0n) is 17.6. The Morgan fingerprint density at radius 3 is 2.73 bits per heavy atom. The second-order valence-electron chi connectivity index (χ2n) is 8.59. The van der Waals surface area contributed by atoms with Gasteiger partial charge in [0.15, 0.2) is 0 Å². The molecule has 0 radical (unpaired) electrons. The van der Waals surface area contributed by atoms with Crippen molar-refractivity contribution in [3.63, 3.8) is 0 Å². The van der Waals surface area contributed by atoms with Crippen molar-refractivity contribution in [2.45, 2.75) is 51.5 Å². The number of carbonyl (C=O) groups is 2. The van der Waals surface area contributed by atoms with E-state index in [0.717, 1.165) is 18.4 Å². The molecule has 4 rings (SSSR count). The molecule has 2 saturated heterocycles. The van der Waals surface area contributed by atoms with Crippen molar-refractivity contribution in [1.82, 2.24) is 14.8 Å². The summed E-state index contributed by atoms with van der Waals surface area (Å²) in [6.45, 7) is 5.54. The molecule has 30 heavy (non-hydrogen) atoms. The summed E-state index contributed by atoms with van der Waals surface area (Å²) < 4.78 is 19.5. The molecule has 2 amide bonds. The highest BCUT2D eigenvalue weighted by Gasteiger charge is 2.46. The lowest BCUT2D eigenvalue weighted by molar-refractivity contribution is -0.144. The Morgan fingerprint density at radius 1 is 1.27 bits per heavy atom. The van der Waals surface area contributed by atoms with Crippen LogP contribution in [0.4, 0.5) is 4.39 Å². The predicted molar refractivity (Wildman–Crippen MR) is 109 cm³/mol. The smallest absolute Gasteiger partial charge is 0.226 e. The quantitative estimate of drug-likeness (QED) is 0.770. The van der Waals surface area contributed by atoms with Crippen LogP contribution in [0.15, 0.2) is 34.9 Å². The van der Waals surface area contributed by atoms with E-state index in [-0.39, 0.29) is 23.5 Å². The van der Waals surface area contributed by atoms with Gasteiger partial charge in [0, 0.05) is 38.9 Å². The van der Waals surface area contributed by atoms with E-state index in [2.05, 4.69) is 4.98 Å². The molecule has 7 heteroatoms. The average molecular weight is 413 g/mol. The zero-order chi connectivity index (χ0) is 21.3. The van der Waals surface area contributed by atoms with Crippen molar-refractivity contribution in [3.05, 3.63) is 53.5 Å². The highest BCUT2D eigenvalue weighted by Crippen LogP contribution is 2.40. The maximum Gasteiger partial charge on any atom is 0.226 e. The molecule has 0 unspecified atom stereocenters. The number of carbonyl (C=O) groups excluding carboxylic acids is 2. The lowest BCUT2D eigenvalue weighted by Crippen LogP contribution is -2.48. The largest absolute Gasteiger partial charge is 0.443 e. The normalized spacial score (nSPS) is 22.5. The number of piperidine rings is 1. The molecule has 0 N–H and O–H groups in total. The molecular formula is C23H28FN3O3. The third kappa shape index (κ3) is 3.98. The Kier molecular flexibility index (Phi) is 5.62. The number of aromatic nitrogens is 1. The molecular weight excluding hydrogens is 385 g/mol. The van der Waals surface area contributed by atoms with Gasteiger partial charge in [-0.25, -0.2) is 9.37 Å². The van der Waals surface area contributed by atoms with Crippen LogP contribution in [0.1, 0.15) is 56.7 Å². The van der Waals surface area contributed by atoms with Gasteiger partial charge in [-0.15, -0.1) is 0 Å². The van der Waals surface area contributed by atoms with Gasteiger partial charge >= 0.3 is 0 Å². The van der Waals surface area contributed by atoms with Crippen LogP contribution in [0, 0.1) is 11.7 Å². The molecule has 2 aliphatic rings. The highest BCUT2D eigenvalue weighted by atomic mass is 19.1. The molecule has 2 fully saturated rings. The first-order valence-electron chi connectivity index (χ1n) is 10.6. The number of halogens is 1. The van der Waals surface area contributed by atoms with E-state index >= 15 is 0 Å². The van der Waals surface area contributed by atoms with E-state index in [1.54, 1.807) is 24.1 Å². The van der Waals surface area contributed by atoms with Crippen LogP contribution in [-0.4, -0.2) is 46.2 Å². The Labute approximate surface area is 176 Å². The van der Waals surface area contributed by atoms with Gasteiger partial charge in [-0.2, -0.15) is 0 Å². The fourth-order valence-corrected chi connectivity index (χ4v) is 4.69. The van der Waals surface area contributed by atoms with Crippen molar-refractivity contribution in [2.24, 2.45) is 5.92 Å². The summed E-state index contributed by atoms with van der Waals surface area (Å²) in [5.41, 5.74) is 0.245. The monoisotopic (exact) mass is 413 g/mol. The van der Waals surface area contributed by atoms with E-state index < -0.39 is 5.54 Å². The van der Waals surface area contributed by atoms with Crippen LogP contribution in [0.5, 0.6) is 0 Å². The summed E-state index contributed by atoms with van der Waals surface area (Å²) in [6.07, 6.45) is 5.22. The van der Waals surface area contributed by atoms with E-state index in [1.165, 1.54) is 12.1 Å². The molecule has 2 aromatic rings. The van der Waals surface area contributed by atoms with Crippen molar-refractivity contribution in [2.75, 3.05) is 19.6 Å². The summed E-state index contributed by atoms with van der Waals surface area (Å²) >= 11 is 0. The van der Waals surface area contributed by atoms with Gasteiger partial charge in [0.25, 0.3) is 0 Å². The number of nitrogens with zero attached hydrogens (tertiary/aromatic N) is 3. The molecule has 2 aliphatic heterocycles. The number of hydrogen-bond donors (Lipinski definition) is 0. The first-order valence-corrected chi connectivity index (χ1v) is 10.6. The van der Waals surface area contributed by atoms with E-state index in [4.69, 9.17) is 4.42 Å². The van der Waals surface area contributed by atoms with Gasteiger partial charge in [0.2, 0.25) is 17.7 Å². The Hall–Kier alpha value is -2.70. The van der Waals surface area contributed by atoms with Crippen LogP contribution in [0.2, 0.25) is 0 Å². The first-order chi connectivity index (χ1) is 14.4. The third-order valence-electron chi connectivity index (χ3n) is 6.48. The van der Waals surface area contributed by atoms with Crippen molar-refractivity contribution in [3.8, 4) is 0 Å². The number of benzene rings is 1. The molecule has 1 atom stereocenters. The van der Waals surface area contributed by atoms with Crippen molar-refractivity contribution >= 4 is 11.8 Å². The fourth-order valence-electron chi connectivity index (χ4n) is 4.69. The second kappa shape index (κ2) is 8.20. The topological polar surface area (TPSA) is 66.7 Å². The standard InChI is InChI=1S/C23H28FN3O3/c1-16(28)26-11-7-18(8-12-26)21(29)27-10-4-9-23(27,2)22-25-15-20(30-22)14-17-5-3-6-19(24)13-17/h3,5-6,13,15,18H,4,7-12,14H2,1-2H3/t23-/m0/s1. The first kappa shape index (κ1) is 20.6. The average Bonchev–Trinajstić information content (AvgIpc) is 3.35. The van der Waals surface area contributed by atoms with Gasteiger partial charge in [-0.3, -0.25) is 9.59 Å². The highest BCUT2D eigenvalue weighted by molar-refractivity contribution is 5.81. The lowest BCUT2D eigenvalue weighted by Gasteiger charge is -2.38. The minimum atomic E-state index is -0.574. The molecule has 0 saturated carbocycles. The fraction of sp³-hybridized carbons (Fsp3) is 0.522. The Balaban J connectivity index is 1.47. The van der Waals surface area contributed by atoms with Crippen LogP contribution in [0.25, 0.3) is 0 Å².